The number of benzene rings is 1. The molecule has 19 heavy (non-hydrogen) atoms. The number of halogens is 1. The highest BCUT2D eigenvalue weighted by Crippen LogP contribution is 2.35. The van der Waals surface area contributed by atoms with Crippen LogP contribution in [0, 0.1) is 10.7 Å². The fourth-order valence-electron chi connectivity index (χ4n) is 3.28. The Kier molecular flexibility index (Phi) is 3.68. The monoisotopic (exact) mass is 294 g/mol. The third-order valence-corrected chi connectivity index (χ3v) is 4.97. The van der Waals surface area contributed by atoms with E-state index in [1.54, 1.807) is 0 Å². The molecular weight excluding hydrogens is 276 g/mol. The Morgan fingerprint density at radius 2 is 2.05 bits per heavy atom. The van der Waals surface area contributed by atoms with Crippen molar-refractivity contribution in [3.8, 4) is 0 Å². The minimum absolute atomic E-state index is 0.547. The van der Waals surface area contributed by atoms with Crippen molar-refractivity contribution >= 4 is 34.9 Å². The first-order chi connectivity index (χ1) is 9.19. The molecule has 0 unspecified atom stereocenters. The van der Waals surface area contributed by atoms with Crippen molar-refractivity contribution in [1.82, 2.24) is 9.55 Å². The van der Waals surface area contributed by atoms with Gasteiger partial charge in [0.15, 0.2) is 4.77 Å². The Morgan fingerprint density at radius 3 is 2.74 bits per heavy atom. The number of H-pyrrole nitrogens is 1. The lowest BCUT2D eigenvalue weighted by Crippen LogP contribution is -2.17. The molecule has 4 heteroatoms. The maximum Gasteiger partial charge on any atom is 0.178 e. The molecule has 0 spiro atoms. The molecule has 1 fully saturated rings. The van der Waals surface area contributed by atoms with Crippen molar-refractivity contribution in [2.45, 2.75) is 45.1 Å². The average Bonchev–Trinajstić information content (AvgIpc) is 2.74. The number of nitrogens with zero attached hydrogens (tertiary/aromatic N) is 1. The molecule has 0 aliphatic heterocycles. The van der Waals surface area contributed by atoms with Crippen LogP contribution in [0.25, 0.3) is 11.0 Å². The second-order valence-electron chi connectivity index (χ2n) is 5.54. The van der Waals surface area contributed by atoms with E-state index < -0.39 is 0 Å². The molecule has 1 aliphatic rings. The minimum atomic E-state index is 0.547. The highest BCUT2D eigenvalue weighted by molar-refractivity contribution is 7.71. The Labute approximate surface area is 123 Å². The topological polar surface area (TPSA) is 20.7 Å². The molecule has 1 N–H and O–H groups in total. The second kappa shape index (κ2) is 5.29. The van der Waals surface area contributed by atoms with Crippen molar-refractivity contribution < 1.29 is 0 Å². The van der Waals surface area contributed by atoms with Crippen LogP contribution in [0.2, 0.25) is 5.02 Å². The molecule has 0 bridgehead atoms. The lowest BCUT2D eigenvalue weighted by atomic mass is 9.84. The van der Waals surface area contributed by atoms with Crippen molar-refractivity contribution in [3.05, 3.63) is 28.0 Å². The van der Waals surface area contributed by atoms with Crippen molar-refractivity contribution in [2.24, 2.45) is 5.92 Å². The Morgan fingerprint density at radius 1 is 1.32 bits per heavy atom. The summed E-state index contributed by atoms with van der Waals surface area (Å²) >= 11 is 11.5. The van der Waals surface area contributed by atoms with Crippen molar-refractivity contribution in [1.29, 1.82) is 0 Å². The lowest BCUT2D eigenvalue weighted by Gasteiger charge is -2.29. The van der Waals surface area contributed by atoms with E-state index in [1.165, 1.54) is 37.6 Å². The summed E-state index contributed by atoms with van der Waals surface area (Å²) in [5.74, 6) is 0.907. The van der Waals surface area contributed by atoms with Crippen LogP contribution in [0.15, 0.2) is 18.2 Å². The molecule has 1 aliphatic carbocycles. The molecule has 1 heterocycles. The first-order valence-corrected chi connectivity index (χ1v) is 7.87. The molecule has 0 amide bonds. The molecule has 102 valence electrons. The summed E-state index contributed by atoms with van der Waals surface area (Å²) in [5.41, 5.74) is 2.24. The maximum absolute atomic E-state index is 6.04. The number of hydrogen-bond donors (Lipinski definition) is 1. The van der Waals surface area contributed by atoms with E-state index in [1.807, 2.05) is 12.1 Å². The molecular formula is C15H19ClN2S. The van der Waals surface area contributed by atoms with Crippen LogP contribution in [-0.2, 0) is 0 Å². The van der Waals surface area contributed by atoms with Gasteiger partial charge < -0.3 is 9.55 Å². The fraction of sp³-hybridized carbons (Fsp3) is 0.533. The molecule has 2 nitrogen and oxygen atoms in total. The number of aromatic amines is 1. The molecule has 0 atom stereocenters. The van der Waals surface area contributed by atoms with Gasteiger partial charge in [0.05, 0.1) is 11.0 Å². The summed E-state index contributed by atoms with van der Waals surface area (Å²) in [6.45, 7) is 2.30. The van der Waals surface area contributed by atoms with E-state index in [0.29, 0.717) is 6.04 Å². The molecule has 0 radical (unpaired) electrons. The van der Waals surface area contributed by atoms with E-state index >= 15 is 0 Å². The van der Waals surface area contributed by atoms with Gasteiger partial charge in [-0.25, -0.2) is 0 Å². The quantitative estimate of drug-likeness (QED) is 0.726. The van der Waals surface area contributed by atoms with Gasteiger partial charge >= 0.3 is 0 Å². The number of nitrogens with one attached hydrogen (secondary N) is 1. The molecule has 1 saturated carbocycles. The third kappa shape index (κ3) is 2.46. The maximum atomic E-state index is 6.04. The zero-order valence-electron chi connectivity index (χ0n) is 11.2. The minimum Gasteiger partial charge on any atom is -0.331 e. The summed E-state index contributed by atoms with van der Waals surface area (Å²) < 4.78 is 3.13. The average molecular weight is 295 g/mol. The number of aromatic nitrogens is 2. The van der Waals surface area contributed by atoms with Crippen molar-refractivity contribution in [3.63, 3.8) is 0 Å². The molecule has 1 aromatic heterocycles. The van der Waals surface area contributed by atoms with Gasteiger partial charge in [0.2, 0.25) is 0 Å². The number of fused-ring (bicyclic) bond motifs is 1. The van der Waals surface area contributed by atoms with Crippen LogP contribution in [0.3, 0.4) is 0 Å². The predicted molar refractivity (Wildman–Crippen MR) is 83.4 cm³/mol. The summed E-state index contributed by atoms with van der Waals surface area (Å²) in [5, 5.41) is 0.755. The highest BCUT2D eigenvalue weighted by Gasteiger charge is 2.23. The molecule has 0 saturated heterocycles. The lowest BCUT2D eigenvalue weighted by molar-refractivity contribution is 0.272. The second-order valence-corrected chi connectivity index (χ2v) is 6.37. The van der Waals surface area contributed by atoms with E-state index in [0.717, 1.165) is 21.2 Å². The van der Waals surface area contributed by atoms with Gasteiger partial charge in [0.25, 0.3) is 0 Å². The van der Waals surface area contributed by atoms with Gasteiger partial charge in [-0.3, -0.25) is 0 Å². The van der Waals surface area contributed by atoms with Gasteiger partial charge in [0.1, 0.15) is 0 Å². The van der Waals surface area contributed by atoms with Gasteiger partial charge in [0, 0.05) is 11.1 Å². The molecule has 1 aromatic carbocycles. The van der Waals surface area contributed by atoms with Crippen LogP contribution in [0.5, 0.6) is 0 Å². The van der Waals surface area contributed by atoms with Gasteiger partial charge in [-0.15, -0.1) is 0 Å². The largest absolute Gasteiger partial charge is 0.331 e. The van der Waals surface area contributed by atoms with Gasteiger partial charge in [-0.2, -0.15) is 0 Å². The Bertz CT molecular complexity index is 635. The number of rotatable bonds is 2. The van der Waals surface area contributed by atoms with Crippen LogP contribution >= 0.6 is 23.8 Å². The Balaban J connectivity index is 1.97. The van der Waals surface area contributed by atoms with Crippen molar-refractivity contribution in [2.75, 3.05) is 0 Å². The van der Waals surface area contributed by atoms with Crippen LogP contribution in [0.4, 0.5) is 0 Å². The van der Waals surface area contributed by atoms with E-state index in [2.05, 4.69) is 22.5 Å². The van der Waals surface area contributed by atoms with E-state index in [-0.39, 0.29) is 0 Å². The van der Waals surface area contributed by atoms with Crippen LogP contribution in [0.1, 0.15) is 45.1 Å². The molecule has 2 aromatic rings. The van der Waals surface area contributed by atoms with E-state index in [4.69, 9.17) is 23.8 Å². The first-order valence-electron chi connectivity index (χ1n) is 7.08. The zero-order chi connectivity index (χ0) is 13.4. The Hall–Kier alpha value is -0.800. The third-order valence-electron chi connectivity index (χ3n) is 4.44. The number of imidazole rings is 1. The zero-order valence-corrected chi connectivity index (χ0v) is 12.7. The molecule has 3 rings (SSSR count). The summed E-state index contributed by atoms with van der Waals surface area (Å²) in [6, 6.07) is 6.53. The predicted octanol–water partition coefficient (Wildman–Crippen LogP) is 5.49. The van der Waals surface area contributed by atoms with Gasteiger partial charge in [-0.1, -0.05) is 24.9 Å². The normalized spacial score (nSPS) is 23.9. The summed E-state index contributed by atoms with van der Waals surface area (Å²) in [7, 11) is 0. The number of hydrogen-bond acceptors (Lipinski definition) is 1. The fourth-order valence-corrected chi connectivity index (χ4v) is 3.81. The van der Waals surface area contributed by atoms with Crippen LogP contribution < -0.4 is 0 Å². The standard InChI is InChI=1S/C15H19ClN2S/c1-2-10-3-6-12(7-4-10)18-14-8-5-11(16)9-13(14)17-15(18)19/h5,8-10,12H,2-4,6-7H2,1H3,(H,17,19). The smallest absolute Gasteiger partial charge is 0.178 e. The summed E-state index contributed by atoms with van der Waals surface area (Å²) in [4.78, 5) is 3.28. The SMILES string of the molecule is CCC1CCC(n2c(=S)[nH]c3cc(Cl)ccc32)CC1. The van der Waals surface area contributed by atoms with Gasteiger partial charge in [-0.05, 0) is 62.0 Å². The van der Waals surface area contributed by atoms with E-state index in [9.17, 15) is 0 Å². The highest BCUT2D eigenvalue weighted by atomic mass is 35.5. The first kappa shape index (κ1) is 13.2. The van der Waals surface area contributed by atoms with Crippen LogP contribution in [-0.4, -0.2) is 9.55 Å². The summed E-state index contributed by atoms with van der Waals surface area (Å²) in [6.07, 6.45) is 6.43.